The predicted molar refractivity (Wildman–Crippen MR) is 77.6 cm³/mol. The lowest BCUT2D eigenvalue weighted by molar-refractivity contribution is 0.216. The van der Waals surface area contributed by atoms with E-state index in [1.54, 1.807) is 0 Å². The second kappa shape index (κ2) is 6.21. The number of likely N-dealkylation sites (tertiary alicyclic amines) is 1. The largest absolute Gasteiger partial charge is 0.399 e. The minimum Gasteiger partial charge on any atom is -0.399 e. The molecule has 1 saturated heterocycles. The summed E-state index contributed by atoms with van der Waals surface area (Å²) in [4.78, 5) is 4.97. The van der Waals surface area contributed by atoms with Gasteiger partial charge in [0.1, 0.15) is 0 Å². The molecule has 2 N–H and O–H groups in total. The Bertz CT molecular complexity index is 372. The van der Waals surface area contributed by atoms with E-state index in [2.05, 4.69) is 35.9 Å². The van der Waals surface area contributed by atoms with Gasteiger partial charge in [0.2, 0.25) is 0 Å². The van der Waals surface area contributed by atoms with Crippen LogP contribution < -0.4 is 5.73 Å². The van der Waals surface area contributed by atoms with Gasteiger partial charge in [0, 0.05) is 24.8 Å². The summed E-state index contributed by atoms with van der Waals surface area (Å²) in [6.45, 7) is 7.11. The highest BCUT2D eigenvalue weighted by molar-refractivity contribution is 5.41. The highest BCUT2D eigenvalue weighted by Gasteiger charge is 2.15. The van der Waals surface area contributed by atoms with Crippen LogP contribution in [0, 0.1) is 0 Å². The molecule has 1 unspecified atom stereocenters. The Labute approximate surface area is 111 Å². The number of rotatable bonds is 5. The van der Waals surface area contributed by atoms with Gasteiger partial charge in [0.15, 0.2) is 0 Å². The standard InChI is InChI=1S/C15H25N3/c1-13(14-6-5-7-15(16)12-14)17(2)10-11-18-8-3-4-9-18/h5-7,12-13H,3-4,8-11,16H2,1-2H3. The van der Waals surface area contributed by atoms with Crippen LogP contribution in [0.2, 0.25) is 0 Å². The number of hydrogen-bond donors (Lipinski definition) is 1. The van der Waals surface area contributed by atoms with Crippen molar-refractivity contribution in [2.24, 2.45) is 0 Å². The summed E-state index contributed by atoms with van der Waals surface area (Å²) >= 11 is 0. The van der Waals surface area contributed by atoms with E-state index in [4.69, 9.17) is 5.73 Å². The highest BCUT2D eigenvalue weighted by atomic mass is 15.2. The summed E-state index contributed by atoms with van der Waals surface area (Å²) in [5, 5.41) is 0. The predicted octanol–water partition coefficient (Wildman–Crippen LogP) is 2.36. The van der Waals surface area contributed by atoms with Gasteiger partial charge in [-0.15, -0.1) is 0 Å². The number of benzene rings is 1. The Kier molecular flexibility index (Phi) is 4.61. The molecule has 0 amide bonds. The van der Waals surface area contributed by atoms with Gasteiger partial charge >= 0.3 is 0 Å². The lowest BCUT2D eigenvalue weighted by Crippen LogP contribution is -2.33. The Morgan fingerprint density at radius 3 is 2.72 bits per heavy atom. The Morgan fingerprint density at radius 1 is 1.33 bits per heavy atom. The molecule has 0 spiro atoms. The summed E-state index contributed by atoms with van der Waals surface area (Å²) in [5.41, 5.74) is 8.00. The summed E-state index contributed by atoms with van der Waals surface area (Å²) in [6.07, 6.45) is 2.74. The van der Waals surface area contributed by atoms with E-state index in [0.717, 1.165) is 12.2 Å². The smallest absolute Gasteiger partial charge is 0.0318 e. The zero-order chi connectivity index (χ0) is 13.0. The third-order valence-electron chi connectivity index (χ3n) is 4.02. The molecule has 1 atom stereocenters. The molecule has 1 aromatic rings. The topological polar surface area (TPSA) is 32.5 Å². The normalized spacial score (nSPS) is 18.4. The third-order valence-corrected chi connectivity index (χ3v) is 4.02. The van der Waals surface area contributed by atoms with Crippen LogP contribution in [0.3, 0.4) is 0 Å². The van der Waals surface area contributed by atoms with Crippen molar-refractivity contribution < 1.29 is 0 Å². The minimum absolute atomic E-state index is 0.427. The van der Waals surface area contributed by atoms with Gasteiger partial charge in [-0.2, -0.15) is 0 Å². The molecule has 0 radical (unpaired) electrons. The molecule has 100 valence electrons. The van der Waals surface area contributed by atoms with E-state index in [-0.39, 0.29) is 0 Å². The Hall–Kier alpha value is -1.06. The first-order valence-corrected chi connectivity index (χ1v) is 6.95. The minimum atomic E-state index is 0.427. The van der Waals surface area contributed by atoms with Crippen molar-refractivity contribution in [3.8, 4) is 0 Å². The number of nitrogens with two attached hydrogens (primary N) is 1. The lowest BCUT2D eigenvalue weighted by atomic mass is 10.1. The number of nitrogens with zero attached hydrogens (tertiary/aromatic N) is 2. The van der Waals surface area contributed by atoms with Crippen molar-refractivity contribution in [1.82, 2.24) is 9.80 Å². The molecule has 1 aliphatic rings. The van der Waals surface area contributed by atoms with Crippen LogP contribution in [-0.2, 0) is 0 Å². The number of anilines is 1. The summed E-state index contributed by atoms with van der Waals surface area (Å²) in [6, 6.07) is 8.65. The van der Waals surface area contributed by atoms with Crippen molar-refractivity contribution in [3.05, 3.63) is 29.8 Å². The van der Waals surface area contributed by atoms with Crippen LogP contribution in [0.25, 0.3) is 0 Å². The summed E-state index contributed by atoms with van der Waals surface area (Å²) in [5.74, 6) is 0. The van der Waals surface area contributed by atoms with Crippen molar-refractivity contribution >= 4 is 5.69 Å². The van der Waals surface area contributed by atoms with Gasteiger partial charge in [-0.3, -0.25) is 4.90 Å². The van der Waals surface area contributed by atoms with E-state index in [1.807, 2.05) is 12.1 Å². The maximum Gasteiger partial charge on any atom is 0.0318 e. The number of likely N-dealkylation sites (N-methyl/N-ethyl adjacent to an activating group) is 1. The fraction of sp³-hybridized carbons (Fsp3) is 0.600. The second-order valence-corrected chi connectivity index (χ2v) is 5.38. The summed E-state index contributed by atoms with van der Waals surface area (Å²) in [7, 11) is 2.20. The molecular weight excluding hydrogens is 222 g/mol. The molecule has 1 heterocycles. The monoisotopic (exact) mass is 247 g/mol. The van der Waals surface area contributed by atoms with E-state index >= 15 is 0 Å². The zero-order valence-electron chi connectivity index (χ0n) is 11.6. The molecule has 3 heteroatoms. The van der Waals surface area contributed by atoms with Crippen LogP contribution in [0.15, 0.2) is 24.3 Å². The average Bonchev–Trinajstić information content (AvgIpc) is 2.88. The van der Waals surface area contributed by atoms with Gasteiger partial charge in [0.25, 0.3) is 0 Å². The highest BCUT2D eigenvalue weighted by Crippen LogP contribution is 2.20. The fourth-order valence-electron chi connectivity index (χ4n) is 2.57. The van der Waals surface area contributed by atoms with Crippen molar-refractivity contribution in [3.63, 3.8) is 0 Å². The first kappa shape index (κ1) is 13.4. The van der Waals surface area contributed by atoms with Crippen molar-refractivity contribution in [2.75, 3.05) is 39.0 Å². The number of hydrogen-bond acceptors (Lipinski definition) is 3. The molecule has 2 rings (SSSR count). The van der Waals surface area contributed by atoms with E-state index in [0.29, 0.717) is 6.04 Å². The van der Waals surface area contributed by atoms with E-state index in [9.17, 15) is 0 Å². The fourth-order valence-corrected chi connectivity index (χ4v) is 2.57. The van der Waals surface area contributed by atoms with Crippen LogP contribution in [-0.4, -0.2) is 43.0 Å². The average molecular weight is 247 g/mol. The van der Waals surface area contributed by atoms with Gasteiger partial charge in [-0.05, 0) is 57.6 Å². The molecule has 18 heavy (non-hydrogen) atoms. The molecule has 1 aliphatic heterocycles. The molecule has 1 fully saturated rings. The summed E-state index contributed by atoms with van der Waals surface area (Å²) < 4.78 is 0. The lowest BCUT2D eigenvalue weighted by Gasteiger charge is -2.27. The molecule has 0 aromatic heterocycles. The molecule has 3 nitrogen and oxygen atoms in total. The van der Waals surface area contributed by atoms with Crippen LogP contribution >= 0.6 is 0 Å². The van der Waals surface area contributed by atoms with Crippen molar-refractivity contribution in [1.29, 1.82) is 0 Å². The SMILES string of the molecule is CC(c1cccc(N)c1)N(C)CCN1CCCC1. The van der Waals surface area contributed by atoms with Crippen LogP contribution in [0.4, 0.5) is 5.69 Å². The Balaban J connectivity index is 1.85. The first-order chi connectivity index (χ1) is 8.66. The molecule has 0 bridgehead atoms. The van der Waals surface area contributed by atoms with E-state index < -0.39 is 0 Å². The van der Waals surface area contributed by atoms with Crippen molar-refractivity contribution in [2.45, 2.75) is 25.8 Å². The number of nitrogen functional groups attached to an aromatic ring is 1. The van der Waals surface area contributed by atoms with Crippen LogP contribution in [0.1, 0.15) is 31.4 Å². The molecule has 0 saturated carbocycles. The third kappa shape index (κ3) is 3.47. The quantitative estimate of drug-likeness (QED) is 0.811. The molecular formula is C15H25N3. The van der Waals surface area contributed by atoms with Gasteiger partial charge < -0.3 is 10.6 Å². The Morgan fingerprint density at radius 2 is 2.06 bits per heavy atom. The van der Waals surface area contributed by atoms with Gasteiger partial charge in [0.05, 0.1) is 0 Å². The maximum absolute atomic E-state index is 5.84. The molecule has 1 aromatic carbocycles. The molecule has 0 aliphatic carbocycles. The maximum atomic E-state index is 5.84. The zero-order valence-corrected chi connectivity index (χ0v) is 11.6. The first-order valence-electron chi connectivity index (χ1n) is 6.95. The second-order valence-electron chi connectivity index (χ2n) is 5.38. The van der Waals surface area contributed by atoms with E-state index in [1.165, 1.54) is 38.0 Å². The van der Waals surface area contributed by atoms with Gasteiger partial charge in [-0.25, -0.2) is 0 Å². The van der Waals surface area contributed by atoms with Crippen LogP contribution in [0.5, 0.6) is 0 Å². The van der Waals surface area contributed by atoms with Gasteiger partial charge in [-0.1, -0.05) is 12.1 Å².